The van der Waals surface area contributed by atoms with Gasteiger partial charge in [-0.2, -0.15) is 0 Å². The quantitative estimate of drug-likeness (QED) is 0.567. The van der Waals surface area contributed by atoms with Crippen molar-refractivity contribution >= 4 is 0 Å². The Hall–Kier alpha value is -0.860. The highest BCUT2D eigenvalue weighted by Crippen LogP contribution is 2.19. The lowest BCUT2D eigenvalue weighted by Crippen LogP contribution is -2.40. The van der Waals surface area contributed by atoms with Crippen LogP contribution in [0.15, 0.2) is 0 Å². The molecule has 0 aromatic carbocycles. The predicted molar refractivity (Wildman–Crippen MR) is 52.9 cm³/mol. The lowest BCUT2D eigenvalue weighted by atomic mass is 10.0. The fourth-order valence-corrected chi connectivity index (χ4v) is 2.73. The van der Waals surface area contributed by atoms with Crippen molar-refractivity contribution in [2.24, 2.45) is 0 Å². The third-order valence-corrected chi connectivity index (χ3v) is 3.46. The van der Waals surface area contributed by atoms with Gasteiger partial charge in [-0.05, 0) is 30.5 Å². The first kappa shape index (κ1) is 8.45. The number of hydrogen-bond donors (Lipinski definition) is 0. The second kappa shape index (κ2) is 3.37. The van der Waals surface area contributed by atoms with Gasteiger partial charge in [0.15, 0.2) is 0 Å². The van der Waals surface area contributed by atoms with E-state index >= 15 is 0 Å². The summed E-state index contributed by atoms with van der Waals surface area (Å²) in [7, 11) is 0. The van der Waals surface area contributed by atoms with Crippen molar-refractivity contribution in [3.05, 3.63) is 11.4 Å². The molecule has 0 fully saturated rings. The first-order chi connectivity index (χ1) is 6.95. The zero-order chi connectivity index (χ0) is 9.38. The normalized spacial score (nSPS) is 21.1. The molecule has 0 N–H and O–H groups in total. The standard InChI is InChI=1S/C11H18N3/c1-2-4-7-11-10(6-3-1)12-14-9-5-8-13(11)14/h1-9H2/q+1. The van der Waals surface area contributed by atoms with Crippen molar-refractivity contribution in [2.75, 3.05) is 0 Å². The van der Waals surface area contributed by atoms with Crippen LogP contribution in [0.1, 0.15) is 43.5 Å². The molecular weight excluding hydrogens is 174 g/mol. The third kappa shape index (κ3) is 1.26. The molecule has 0 saturated heterocycles. The van der Waals surface area contributed by atoms with E-state index in [4.69, 9.17) is 5.10 Å². The maximum Gasteiger partial charge on any atom is 0.202 e. The van der Waals surface area contributed by atoms with Crippen molar-refractivity contribution in [1.82, 2.24) is 9.78 Å². The number of hydrogen-bond acceptors (Lipinski definition) is 1. The molecule has 3 nitrogen and oxygen atoms in total. The zero-order valence-electron chi connectivity index (χ0n) is 8.71. The van der Waals surface area contributed by atoms with E-state index in [0.717, 1.165) is 6.54 Å². The zero-order valence-corrected chi connectivity index (χ0v) is 8.71. The Balaban J connectivity index is 1.99. The van der Waals surface area contributed by atoms with Gasteiger partial charge in [-0.15, -0.1) is 4.68 Å². The molecule has 0 bridgehead atoms. The van der Waals surface area contributed by atoms with Crippen LogP contribution in [-0.2, 0) is 25.9 Å². The topological polar surface area (TPSA) is 21.7 Å². The second-order valence-corrected chi connectivity index (χ2v) is 4.48. The molecule has 76 valence electrons. The minimum Gasteiger partial charge on any atom is -0.131 e. The minimum absolute atomic E-state index is 1.13. The van der Waals surface area contributed by atoms with Gasteiger partial charge >= 0.3 is 0 Å². The highest BCUT2D eigenvalue weighted by Gasteiger charge is 2.28. The Bertz CT molecular complexity index is 341. The summed E-state index contributed by atoms with van der Waals surface area (Å²) in [5.41, 5.74) is 2.94. The van der Waals surface area contributed by atoms with E-state index in [9.17, 15) is 0 Å². The lowest BCUT2D eigenvalue weighted by molar-refractivity contribution is -0.810. The number of fused-ring (bicyclic) bond motifs is 3. The summed E-state index contributed by atoms with van der Waals surface area (Å²) in [6, 6.07) is 0. The maximum atomic E-state index is 4.71. The van der Waals surface area contributed by atoms with E-state index < -0.39 is 0 Å². The van der Waals surface area contributed by atoms with E-state index in [1.165, 1.54) is 57.2 Å². The molecule has 2 heterocycles. The van der Waals surface area contributed by atoms with Crippen LogP contribution in [0.4, 0.5) is 0 Å². The van der Waals surface area contributed by atoms with Gasteiger partial charge in [0.05, 0.1) is 6.54 Å². The lowest BCUT2D eigenvalue weighted by Gasteiger charge is -2.06. The van der Waals surface area contributed by atoms with Crippen LogP contribution in [0, 0.1) is 0 Å². The summed E-state index contributed by atoms with van der Waals surface area (Å²) in [4.78, 5) is 2.19. The van der Waals surface area contributed by atoms with E-state index in [2.05, 4.69) is 9.48 Å². The molecule has 0 atom stereocenters. The molecule has 14 heavy (non-hydrogen) atoms. The summed E-state index contributed by atoms with van der Waals surface area (Å²) in [6.07, 6.45) is 9.25. The maximum absolute atomic E-state index is 4.71. The van der Waals surface area contributed by atoms with Gasteiger partial charge in [-0.3, -0.25) is 0 Å². The monoisotopic (exact) mass is 192 g/mol. The van der Waals surface area contributed by atoms with Crippen molar-refractivity contribution < 1.29 is 4.80 Å². The number of aromatic nitrogens is 3. The van der Waals surface area contributed by atoms with Gasteiger partial charge in [0, 0.05) is 11.5 Å². The fourth-order valence-electron chi connectivity index (χ4n) is 2.73. The van der Waals surface area contributed by atoms with Gasteiger partial charge in [0.1, 0.15) is 11.4 Å². The van der Waals surface area contributed by atoms with Crippen LogP contribution in [0.3, 0.4) is 0 Å². The molecule has 1 aromatic rings. The molecule has 1 aliphatic heterocycles. The molecule has 3 heteroatoms. The smallest absolute Gasteiger partial charge is 0.131 e. The van der Waals surface area contributed by atoms with Gasteiger partial charge < -0.3 is 0 Å². The fraction of sp³-hybridized carbons (Fsp3) is 0.818. The molecule has 0 saturated carbocycles. The third-order valence-electron chi connectivity index (χ3n) is 3.46. The summed E-state index contributed by atoms with van der Waals surface area (Å²) in [5.74, 6) is 0. The predicted octanol–water partition coefficient (Wildman–Crippen LogP) is 1.23. The van der Waals surface area contributed by atoms with Gasteiger partial charge in [-0.25, -0.2) is 0 Å². The van der Waals surface area contributed by atoms with Crippen LogP contribution in [-0.4, -0.2) is 9.78 Å². The SMILES string of the molecule is C1CCCc2c(n[n+]3n2CCC3)CC1. The Morgan fingerprint density at radius 1 is 1.00 bits per heavy atom. The largest absolute Gasteiger partial charge is 0.202 e. The molecule has 1 aliphatic carbocycles. The highest BCUT2D eigenvalue weighted by atomic mass is 15.6. The van der Waals surface area contributed by atoms with Gasteiger partial charge in [-0.1, -0.05) is 12.8 Å². The molecule has 3 rings (SSSR count). The second-order valence-electron chi connectivity index (χ2n) is 4.48. The Morgan fingerprint density at radius 3 is 2.79 bits per heavy atom. The van der Waals surface area contributed by atoms with Gasteiger partial charge in [0.25, 0.3) is 0 Å². The van der Waals surface area contributed by atoms with Crippen LogP contribution >= 0.6 is 0 Å². The summed E-state index contributed by atoms with van der Waals surface area (Å²) < 4.78 is 2.42. The Labute approximate surface area is 84.7 Å². The van der Waals surface area contributed by atoms with Crippen LogP contribution in [0.25, 0.3) is 0 Å². The van der Waals surface area contributed by atoms with E-state index in [1.807, 2.05) is 0 Å². The number of aryl methyl sites for hydroxylation is 2. The van der Waals surface area contributed by atoms with Crippen molar-refractivity contribution in [1.29, 1.82) is 0 Å². The summed E-state index contributed by atoms with van der Waals surface area (Å²) in [5, 5.41) is 4.71. The summed E-state index contributed by atoms with van der Waals surface area (Å²) in [6.45, 7) is 2.33. The first-order valence-corrected chi connectivity index (χ1v) is 5.94. The van der Waals surface area contributed by atoms with Crippen molar-refractivity contribution in [3.8, 4) is 0 Å². The number of rotatable bonds is 0. The summed E-state index contributed by atoms with van der Waals surface area (Å²) >= 11 is 0. The molecule has 0 radical (unpaired) electrons. The molecule has 0 unspecified atom stereocenters. The van der Waals surface area contributed by atoms with E-state index in [1.54, 1.807) is 5.69 Å². The van der Waals surface area contributed by atoms with Crippen molar-refractivity contribution in [2.45, 2.75) is 58.0 Å². The molecular formula is C11H18N3+. The Morgan fingerprint density at radius 2 is 1.86 bits per heavy atom. The van der Waals surface area contributed by atoms with Crippen LogP contribution < -0.4 is 4.80 Å². The van der Waals surface area contributed by atoms with E-state index in [-0.39, 0.29) is 0 Å². The minimum atomic E-state index is 1.13. The molecule has 2 aliphatic rings. The molecule has 0 amide bonds. The average Bonchev–Trinajstić information content (AvgIpc) is 2.67. The van der Waals surface area contributed by atoms with Crippen molar-refractivity contribution in [3.63, 3.8) is 0 Å². The molecule has 0 spiro atoms. The van der Waals surface area contributed by atoms with Crippen LogP contribution in [0.2, 0.25) is 0 Å². The first-order valence-electron chi connectivity index (χ1n) is 5.94. The van der Waals surface area contributed by atoms with Gasteiger partial charge in [0.2, 0.25) is 6.54 Å². The van der Waals surface area contributed by atoms with E-state index in [0.29, 0.717) is 0 Å². The van der Waals surface area contributed by atoms with Crippen LogP contribution in [0.5, 0.6) is 0 Å². The Kier molecular flexibility index (Phi) is 2.03. The molecule has 1 aromatic heterocycles. The number of nitrogens with zero attached hydrogens (tertiary/aromatic N) is 3. The average molecular weight is 192 g/mol. The highest BCUT2D eigenvalue weighted by molar-refractivity contribution is 5.10.